The predicted molar refractivity (Wildman–Crippen MR) is 155 cm³/mol. The minimum absolute atomic E-state index is 0. The summed E-state index contributed by atoms with van der Waals surface area (Å²) in [5, 5.41) is 15.6. The first-order valence-corrected chi connectivity index (χ1v) is 14.1. The Labute approximate surface area is 258 Å². The van der Waals surface area contributed by atoms with E-state index >= 15 is 0 Å². The molecule has 6 nitrogen and oxygen atoms in total. The fourth-order valence-corrected chi connectivity index (χ4v) is 5.82. The van der Waals surface area contributed by atoms with Crippen LogP contribution in [0.4, 0.5) is 0 Å². The molecule has 0 amide bonds. The van der Waals surface area contributed by atoms with Gasteiger partial charge in [-0.25, -0.2) is 0 Å². The van der Waals surface area contributed by atoms with Gasteiger partial charge in [-0.2, -0.15) is 5.06 Å². The van der Waals surface area contributed by atoms with Gasteiger partial charge >= 0.3 is 0 Å². The average molecular weight is 605 g/mol. The summed E-state index contributed by atoms with van der Waals surface area (Å²) in [6, 6.07) is 23.8. The van der Waals surface area contributed by atoms with Crippen LogP contribution in [0.2, 0.25) is 0 Å². The fraction of sp³-hybridized carbons (Fsp3) is 0.469. The number of piperidine rings is 2. The molecule has 3 aromatic rings. The average Bonchev–Trinajstić information content (AvgIpc) is 3.41. The van der Waals surface area contributed by atoms with Crippen molar-refractivity contribution in [3.8, 4) is 11.1 Å². The third kappa shape index (κ3) is 9.45. The molecule has 2 aliphatic heterocycles. The van der Waals surface area contributed by atoms with Gasteiger partial charge in [0.25, 0.3) is 5.56 Å². The Kier molecular flexibility index (Phi) is 13.0. The number of rotatable bonds is 2. The van der Waals surface area contributed by atoms with Crippen LogP contribution in [0.5, 0.6) is 0 Å². The molecule has 1 radical (unpaired) electrons. The summed E-state index contributed by atoms with van der Waals surface area (Å²) < 4.78 is 1.56. The number of aryl methyl sites for hydroxylation is 1. The summed E-state index contributed by atoms with van der Waals surface area (Å²) in [5.74, 6) is 0. The van der Waals surface area contributed by atoms with Crippen molar-refractivity contribution >= 4 is 0 Å². The Balaban J connectivity index is 0.000000162. The summed E-state index contributed by atoms with van der Waals surface area (Å²) in [5.41, 5.74) is 9.80. The van der Waals surface area contributed by atoms with Crippen LogP contribution in [0.25, 0.3) is 16.4 Å². The van der Waals surface area contributed by atoms with Crippen molar-refractivity contribution in [3.05, 3.63) is 100 Å². The topological polar surface area (TPSA) is 85.6 Å². The molecule has 1 aliphatic carbocycles. The van der Waals surface area contributed by atoms with Crippen LogP contribution in [0.15, 0.2) is 83.8 Å². The van der Waals surface area contributed by atoms with Gasteiger partial charge in [0.15, 0.2) is 0 Å². The van der Waals surface area contributed by atoms with Gasteiger partial charge in [0, 0.05) is 64.6 Å². The summed E-state index contributed by atoms with van der Waals surface area (Å²) in [6.45, 7) is 3.00. The van der Waals surface area contributed by atoms with E-state index in [9.17, 15) is 10.0 Å². The van der Waals surface area contributed by atoms with Crippen molar-refractivity contribution in [2.75, 3.05) is 19.6 Å². The molecule has 6 rings (SSSR count). The molecule has 1 saturated carbocycles. The second-order valence-corrected chi connectivity index (χ2v) is 11.0. The van der Waals surface area contributed by atoms with Gasteiger partial charge in [-0.3, -0.25) is 4.79 Å². The number of pyridine rings is 1. The van der Waals surface area contributed by atoms with Gasteiger partial charge in [0.2, 0.25) is 0 Å². The third-order valence-electron chi connectivity index (χ3n) is 8.15. The molecule has 2 saturated heterocycles. The van der Waals surface area contributed by atoms with Crippen molar-refractivity contribution in [1.82, 2.24) is 9.63 Å². The number of nitrogens with two attached hydrogens (primary N) is 1. The molecule has 3 fully saturated rings. The summed E-state index contributed by atoms with van der Waals surface area (Å²) in [7, 11) is 1.75. The number of benzene rings is 2. The second kappa shape index (κ2) is 15.9. The molecule has 1 spiro atoms. The smallest absolute Gasteiger partial charge is 0.250 e. The van der Waals surface area contributed by atoms with E-state index in [0.717, 1.165) is 36.1 Å². The van der Waals surface area contributed by atoms with Crippen molar-refractivity contribution in [2.24, 2.45) is 18.2 Å². The first-order valence-electron chi connectivity index (χ1n) is 14.1. The van der Waals surface area contributed by atoms with Crippen LogP contribution < -0.4 is 11.3 Å². The van der Waals surface area contributed by atoms with E-state index in [0.29, 0.717) is 12.0 Å². The predicted octanol–water partition coefficient (Wildman–Crippen LogP) is 6.30. The first kappa shape index (κ1) is 31.9. The van der Waals surface area contributed by atoms with Gasteiger partial charge in [0.1, 0.15) is 0 Å². The molecule has 207 valence electrons. The standard InChI is InChI=1S/C12H11NO.C11H16N2O.C9H16N.Y/c1-13-8-7-11(9-12(13)14)10-5-3-2-4-6-10;12-10-6-7-13(14)11(8-10)9-4-2-1-3-5-9;1-2-5-9(4-1)6-3-7-10-8-9;/h2-9H,1H3;1-5,10-11,14H,6-8,12H2;1-8H2;/q;;-1;. The largest absolute Gasteiger partial charge is 0.662 e. The zero-order valence-electron chi connectivity index (χ0n) is 23.3. The monoisotopic (exact) mass is 604 g/mol. The number of aromatic nitrogens is 1. The van der Waals surface area contributed by atoms with Gasteiger partial charge in [-0.1, -0.05) is 86.3 Å². The number of hydrogen-bond donors (Lipinski definition) is 2. The van der Waals surface area contributed by atoms with Crippen LogP contribution in [0.1, 0.15) is 63.0 Å². The van der Waals surface area contributed by atoms with Crippen LogP contribution in [-0.4, -0.2) is 40.5 Å². The molecule has 2 unspecified atom stereocenters. The van der Waals surface area contributed by atoms with Crippen molar-refractivity contribution in [2.45, 2.75) is 63.5 Å². The van der Waals surface area contributed by atoms with Gasteiger partial charge in [0.05, 0.1) is 6.04 Å². The zero-order chi connectivity index (χ0) is 26.8. The Hall–Kier alpha value is -1.67. The van der Waals surface area contributed by atoms with Crippen LogP contribution >= 0.6 is 0 Å². The minimum Gasteiger partial charge on any atom is -0.662 e. The number of hydroxylamine groups is 2. The molecule has 1 aromatic heterocycles. The Morgan fingerprint density at radius 3 is 2.18 bits per heavy atom. The number of hydrogen-bond acceptors (Lipinski definition) is 4. The zero-order valence-corrected chi connectivity index (χ0v) is 26.1. The molecule has 2 aromatic carbocycles. The van der Waals surface area contributed by atoms with E-state index in [1.807, 2.05) is 66.7 Å². The molecule has 3 heterocycles. The second-order valence-electron chi connectivity index (χ2n) is 11.0. The summed E-state index contributed by atoms with van der Waals surface area (Å²) in [4.78, 5) is 11.4. The molecular formula is C32H43N4O2Y-. The number of nitrogens with zero attached hydrogens (tertiary/aromatic N) is 3. The summed E-state index contributed by atoms with van der Waals surface area (Å²) in [6.07, 6.45) is 12.2. The maximum atomic E-state index is 11.4. The molecule has 7 heteroatoms. The van der Waals surface area contributed by atoms with E-state index in [1.165, 1.54) is 50.1 Å². The first-order chi connectivity index (χ1) is 18.5. The molecule has 3 N–H and O–H groups in total. The molecule has 2 atom stereocenters. The molecular weight excluding hydrogens is 561 g/mol. The van der Waals surface area contributed by atoms with E-state index in [4.69, 9.17) is 5.73 Å². The minimum atomic E-state index is 0. The van der Waals surface area contributed by atoms with Gasteiger partial charge in [-0.15, -0.1) is 13.1 Å². The Morgan fingerprint density at radius 1 is 0.923 bits per heavy atom. The Bertz CT molecular complexity index is 1160. The van der Waals surface area contributed by atoms with Crippen LogP contribution in [0, 0.1) is 5.41 Å². The van der Waals surface area contributed by atoms with Crippen LogP contribution in [-0.2, 0) is 39.8 Å². The normalized spacial score (nSPS) is 22.0. The van der Waals surface area contributed by atoms with Crippen LogP contribution in [0.3, 0.4) is 0 Å². The maximum absolute atomic E-state index is 11.4. The maximum Gasteiger partial charge on any atom is 0.250 e. The Morgan fingerprint density at radius 2 is 1.56 bits per heavy atom. The fourth-order valence-electron chi connectivity index (χ4n) is 5.82. The van der Waals surface area contributed by atoms with Crippen molar-refractivity contribution in [1.29, 1.82) is 0 Å². The molecule has 0 bridgehead atoms. The van der Waals surface area contributed by atoms with E-state index < -0.39 is 0 Å². The summed E-state index contributed by atoms with van der Waals surface area (Å²) >= 11 is 0. The van der Waals surface area contributed by atoms with E-state index in [2.05, 4.69) is 5.32 Å². The SMILES string of the molecule is C1CCC2(C1)CCC[N-]C2.Cn1ccc(-c2ccccc2)cc1=O.NC1CCN(O)C(c2ccccc2)C1.[Y]. The molecule has 39 heavy (non-hydrogen) atoms. The van der Waals surface area contributed by atoms with Gasteiger partial charge in [-0.05, 0) is 53.9 Å². The van der Waals surface area contributed by atoms with E-state index in [-0.39, 0.29) is 50.4 Å². The molecule has 3 aliphatic rings. The third-order valence-corrected chi connectivity index (χ3v) is 8.15. The quantitative estimate of drug-likeness (QED) is 0.360. The van der Waals surface area contributed by atoms with Gasteiger partial charge < -0.3 is 20.8 Å². The van der Waals surface area contributed by atoms with Crippen molar-refractivity contribution < 1.29 is 37.9 Å². The van der Waals surface area contributed by atoms with E-state index in [1.54, 1.807) is 23.9 Å². The van der Waals surface area contributed by atoms with Crippen molar-refractivity contribution in [3.63, 3.8) is 0 Å².